The molecule has 3 aromatic rings. The molecule has 158 valence electrons. The highest BCUT2D eigenvalue weighted by molar-refractivity contribution is 7.09. The van der Waals surface area contributed by atoms with Gasteiger partial charge >= 0.3 is 5.97 Å². The van der Waals surface area contributed by atoms with Gasteiger partial charge in [-0.2, -0.15) is 0 Å². The SMILES string of the molecule is O=C(O)c1csc([C@H]2CC[C@H]3[C@@H](CO2)C[C@@H](O)[C@@H]3COc2ccc3[nH]ccc3c2)n1. The quantitative estimate of drug-likeness (QED) is 0.570. The number of hydrogen-bond donors (Lipinski definition) is 3. The summed E-state index contributed by atoms with van der Waals surface area (Å²) in [4.78, 5) is 18.5. The number of aromatic amines is 1. The monoisotopic (exact) mass is 428 g/mol. The van der Waals surface area contributed by atoms with E-state index in [9.17, 15) is 9.90 Å². The molecule has 1 saturated heterocycles. The molecule has 2 aromatic heterocycles. The van der Waals surface area contributed by atoms with Gasteiger partial charge < -0.3 is 24.7 Å². The van der Waals surface area contributed by atoms with E-state index in [0.29, 0.717) is 25.6 Å². The maximum atomic E-state index is 11.1. The molecule has 8 heteroatoms. The van der Waals surface area contributed by atoms with Crippen molar-refractivity contribution in [3.63, 3.8) is 0 Å². The minimum Gasteiger partial charge on any atom is -0.493 e. The predicted molar refractivity (Wildman–Crippen MR) is 112 cm³/mol. The molecule has 0 unspecified atom stereocenters. The number of aliphatic hydroxyl groups excluding tert-OH is 1. The Morgan fingerprint density at radius 1 is 1.33 bits per heavy atom. The number of thiazole rings is 1. The fourth-order valence-corrected chi connectivity index (χ4v) is 5.75. The zero-order valence-corrected chi connectivity index (χ0v) is 17.2. The highest BCUT2D eigenvalue weighted by Crippen LogP contribution is 2.45. The van der Waals surface area contributed by atoms with Gasteiger partial charge in [0.2, 0.25) is 0 Å². The zero-order chi connectivity index (χ0) is 20.7. The Hall–Kier alpha value is -2.42. The maximum Gasteiger partial charge on any atom is 0.355 e. The average Bonchev–Trinajstić information content (AvgIpc) is 3.43. The third-order valence-corrected chi connectivity index (χ3v) is 7.39. The van der Waals surface area contributed by atoms with Crippen molar-refractivity contribution < 1.29 is 24.5 Å². The van der Waals surface area contributed by atoms with E-state index >= 15 is 0 Å². The lowest BCUT2D eigenvalue weighted by atomic mass is 9.86. The van der Waals surface area contributed by atoms with Crippen LogP contribution < -0.4 is 4.74 Å². The van der Waals surface area contributed by atoms with Crippen molar-refractivity contribution in [2.24, 2.45) is 17.8 Å². The maximum absolute atomic E-state index is 11.1. The third-order valence-electron chi connectivity index (χ3n) is 6.45. The number of carbonyl (C=O) groups is 1. The molecule has 3 heterocycles. The number of carboxylic acid groups (broad SMARTS) is 1. The Morgan fingerprint density at radius 3 is 3.07 bits per heavy atom. The van der Waals surface area contributed by atoms with Crippen LogP contribution in [0.25, 0.3) is 10.9 Å². The topological polar surface area (TPSA) is 105 Å². The number of aromatic carboxylic acids is 1. The van der Waals surface area contributed by atoms with Gasteiger partial charge in [0.05, 0.1) is 19.3 Å². The molecule has 0 bridgehead atoms. The number of aliphatic hydroxyl groups is 1. The van der Waals surface area contributed by atoms with Gasteiger partial charge in [-0.3, -0.25) is 0 Å². The van der Waals surface area contributed by atoms with Crippen molar-refractivity contribution in [2.45, 2.75) is 31.5 Å². The van der Waals surface area contributed by atoms with E-state index in [4.69, 9.17) is 14.6 Å². The van der Waals surface area contributed by atoms with E-state index in [1.807, 2.05) is 30.5 Å². The predicted octanol–water partition coefficient (Wildman–Crippen LogP) is 3.87. The van der Waals surface area contributed by atoms with Crippen LogP contribution in [0.1, 0.15) is 40.9 Å². The summed E-state index contributed by atoms with van der Waals surface area (Å²) in [6, 6.07) is 7.98. The molecule has 2 aliphatic rings. The summed E-state index contributed by atoms with van der Waals surface area (Å²) in [6.45, 7) is 1.03. The van der Waals surface area contributed by atoms with Crippen LogP contribution in [0.15, 0.2) is 35.8 Å². The second kappa shape index (κ2) is 8.02. The second-order valence-electron chi connectivity index (χ2n) is 8.20. The Balaban J connectivity index is 1.25. The third kappa shape index (κ3) is 3.71. The molecule has 5 atom stereocenters. The molecule has 0 spiro atoms. The first-order valence-electron chi connectivity index (χ1n) is 10.3. The van der Waals surface area contributed by atoms with Crippen LogP contribution in [0.5, 0.6) is 5.75 Å². The van der Waals surface area contributed by atoms with Gasteiger partial charge in [0.25, 0.3) is 0 Å². The van der Waals surface area contributed by atoms with Gasteiger partial charge in [-0.1, -0.05) is 0 Å². The lowest BCUT2D eigenvalue weighted by Gasteiger charge is -2.23. The van der Waals surface area contributed by atoms with Gasteiger partial charge in [0.15, 0.2) is 5.69 Å². The molecule has 0 amide bonds. The molecule has 1 saturated carbocycles. The number of H-pyrrole nitrogens is 1. The van der Waals surface area contributed by atoms with Crippen LogP contribution in [0.2, 0.25) is 0 Å². The molecule has 1 aromatic carbocycles. The number of ether oxygens (including phenoxy) is 2. The van der Waals surface area contributed by atoms with Gasteiger partial charge in [-0.25, -0.2) is 9.78 Å². The van der Waals surface area contributed by atoms with Crippen molar-refractivity contribution >= 4 is 28.2 Å². The van der Waals surface area contributed by atoms with E-state index in [1.165, 1.54) is 11.3 Å². The van der Waals surface area contributed by atoms with E-state index in [0.717, 1.165) is 34.5 Å². The minimum atomic E-state index is -1.01. The Bertz CT molecular complexity index is 1050. The highest BCUT2D eigenvalue weighted by atomic mass is 32.1. The average molecular weight is 429 g/mol. The van der Waals surface area contributed by atoms with Crippen molar-refractivity contribution in [2.75, 3.05) is 13.2 Å². The Kier molecular flexibility index (Phi) is 5.22. The van der Waals surface area contributed by atoms with Crippen LogP contribution in [-0.2, 0) is 4.74 Å². The molecule has 5 rings (SSSR count). The number of hydrogen-bond acceptors (Lipinski definition) is 6. The fraction of sp³-hybridized carbons (Fsp3) is 0.455. The van der Waals surface area contributed by atoms with Crippen molar-refractivity contribution in [1.29, 1.82) is 0 Å². The van der Waals surface area contributed by atoms with Crippen LogP contribution in [0.4, 0.5) is 0 Å². The number of nitrogens with one attached hydrogen (secondary N) is 1. The standard InChI is InChI=1S/C22H24N2O5S/c25-19-8-13-9-29-20(21-24-18(11-30-21)22(26)27)4-2-15(13)16(19)10-28-14-1-3-17-12(7-14)5-6-23-17/h1,3,5-7,11,13,15-16,19-20,23,25H,2,4,8-10H2,(H,26,27)/t13-,15+,16-,19-,20-/m1/s1. The molecule has 1 aliphatic carbocycles. The normalized spacial score (nSPS) is 28.9. The smallest absolute Gasteiger partial charge is 0.355 e. The van der Waals surface area contributed by atoms with Gasteiger partial charge in [0.1, 0.15) is 16.9 Å². The molecule has 0 radical (unpaired) electrons. The van der Waals surface area contributed by atoms with E-state index in [2.05, 4.69) is 9.97 Å². The summed E-state index contributed by atoms with van der Waals surface area (Å²) in [6.07, 6.45) is 3.72. The lowest BCUT2D eigenvalue weighted by molar-refractivity contribution is 0.0333. The summed E-state index contributed by atoms with van der Waals surface area (Å²) >= 11 is 1.34. The van der Waals surface area contributed by atoms with E-state index in [-0.39, 0.29) is 23.6 Å². The number of aromatic nitrogens is 2. The molecule has 7 nitrogen and oxygen atoms in total. The van der Waals surface area contributed by atoms with Gasteiger partial charge in [0, 0.05) is 28.4 Å². The highest BCUT2D eigenvalue weighted by Gasteiger charge is 2.44. The minimum absolute atomic E-state index is 0.0603. The van der Waals surface area contributed by atoms with Crippen LogP contribution in [0, 0.1) is 17.8 Å². The first-order chi connectivity index (χ1) is 14.6. The van der Waals surface area contributed by atoms with Crippen LogP contribution >= 0.6 is 11.3 Å². The molecule has 1 aliphatic heterocycles. The van der Waals surface area contributed by atoms with Crippen LogP contribution in [0.3, 0.4) is 0 Å². The number of benzene rings is 1. The Morgan fingerprint density at radius 2 is 2.23 bits per heavy atom. The molecule has 2 fully saturated rings. The summed E-state index contributed by atoms with van der Waals surface area (Å²) < 4.78 is 12.2. The molecular weight excluding hydrogens is 404 g/mol. The summed E-state index contributed by atoms with van der Waals surface area (Å²) in [5, 5.41) is 23.2. The Labute approximate surface area is 177 Å². The number of carboxylic acids is 1. The zero-order valence-electron chi connectivity index (χ0n) is 16.4. The summed E-state index contributed by atoms with van der Waals surface area (Å²) in [7, 11) is 0. The molecule has 30 heavy (non-hydrogen) atoms. The lowest BCUT2D eigenvalue weighted by Crippen LogP contribution is -2.27. The van der Waals surface area contributed by atoms with E-state index in [1.54, 1.807) is 5.38 Å². The second-order valence-corrected chi connectivity index (χ2v) is 9.09. The van der Waals surface area contributed by atoms with Gasteiger partial charge in [-0.15, -0.1) is 11.3 Å². The first-order valence-corrected chi connectivity index (χ1v) is 11.1. The van der Waals surface area contributed by atoms with Crippen molar-refractivity contribution in [3.8, 4) is 5.75 Å². The van der Waals surface area contributed by atoms with E-state index < -0.39 is 12.1 Å². The number of rotatable bonds is 5. The summed E-state index contributed by atoms with van der Waals surface area (Å²) in [5.74, 6) is 0.459. The fourth-order valence-electron chi connectivity index (χ4n) is 4.88. The number of nitrogens with zero attached hydrogens (tertiary/aromatic N) is 1. The largest absolute Gasteiger partial charge is 0.493 e. The number of fused-ring (bicyclic) bond motifs is 2. The van der Waals surface area contributed by atoms with Crippen molar-refractivity contribution in [3.05, 3.63) is 46.5 Å². The molecule has 3 N–H and O–H groups in total. The van der Waals surface area contributed by atoms with Crippen molar-refractivity contribution in [1.82, 2.24) is 9.97 Å². The first kappa shape index (κ1) is 19.5. The summed E-state index contributed by atoms with van der Waals surface area (Å²) in [5.41, 5.74) is 1.15. The van der Waals surface area contributed by atoms with Gasteiger partial charge in [-0.05, 0) is 55.4 Å². The molecular formula is C22H24N2O5S. The van der Waals surface area contributed by atoms with Crippen LogP contribution in [-0.4, -0.2) is 45.5 Å².